The zero-order chi connectivity index (χ0) is 22.5. The fourth-order valence-corrected chi connectivity index (χ4v) is 4.64. The Labute approximate surface area is 175 Å². The van der Waals surface area contributed by atoms with Crippen LogP contribution in [0.2, 0.25) is 0 Å². The molecule has 0 amide bonds. The number of hydrogen-bond acceptors (Lipinski definition) is 6. The lowest BCUT2D eigenvalue weighted by molar-refractivity contribution is -0.166. The third-order valence-electron chi connectivity index (χ3n) is 5.05. The van der Waals surface area contributed by atoms with Crippen LogP contribution in [0, 0.1) is 5.41 Å². The molecule has 2 aromatic rings. The number of anilines is 1. The second-order valence-electron chi connectivity index (χ2n) is 7.19. The summed E-state index contributed by atoms with van der Waals surface area (Å²) in [5.41, 5.74) is -1.34. The Morgan fingerprint density at radius 1 is 1.00 bits per heavy atom. The molecule has 0 radical (unpaired) electrons. The first-order valence-electron chi connectivity index (χ1n) is 9.33. The Hall–Kier alpha value is -2.69. The second kappa shape index (κ2) is 9.41. The smallest absolute Gasteiger partial charge is 0.321 e. The molecule has 0 heterocycles. The van der Waals surface area contributed by atoms with Gasteiger partial charge in [-0.15, -0.1) is 0 Å². The fraction of sp³-hybridized carbons (Fsp3) is 0.400. The molecule has 2 aromatic carbocycles. The number of carbonyl (C=O) groups is 2. The molecule has 0 saturated carbocycles. The molecule has 0 atom stereocenters. The van der Waals surface area contributed by atoms with Gasteiger partial charge in [0.25, 0.3) is 0 Å². The van der Waals surface area contributed by atoms with Crippen molar-refractivity contribution in [1.29, 1.82) is 0 Å². The van der Waals surface area contributed by atoms with E-state index in [-0.39, 0.29) is 30.9 Å². The van der Waals surface area contributed by atoms with E-state index in [1.165, 1.54) is 6.07 Å². The maximum Gasteiger partial charge on any atom is 0.321 e. The molecule has 0 aliphatic heterocycles. The highest BCUT2D eigenvalue weighted by atomic mass is 32.2. The first-order valence-corrected chi connectivity index (χ1v) is 10.8. The summed E-state index contributed by atoms with van der Waals surface area (Å²) in [4.78, 5) is 25.1. The van der Waals surface area contributed by atoms with Crippen LogP contribution in [0.25, 0.3) is 10.8 Å². The first-order chi connectivity index (χ1) is 14.1. The molecule has 0 spiro atoms. The molecule has 0 unspecified atom stereocenters. The van der Waals surface area contributed by atoms with Crippen molar-refractivity contribution in [3.8, 4) is 0 Å². The van der Waals surface area contributed by atoms with Gasteiger partial charge >= 0.3 is 11.9 Å². The minimum atomic E-state index is -4.03. The Kier molecular flexibility index (Phi) is 7.40. The highest BCUT2D eigenvalue weighted by molar-refractivity contribution is 7.89. The molecule has 0 bridgehead atoms. The van der Waals surface area contributed by atoms with E-state index in [9.17, 15) is 28.2 Å². The molecule has 0 fully saturated rings. The van der Waals surface area contributed by atoms with Crippen LogP contribution in [0.4, 0.5) is 5.69 Å². The Morgan fingerprint density at radius 3 is 2.17 bits per heavy atom. The van der Waals surface area contributed by atoms with Crippen molar-refractivity contribution in [1.82, 2.24) is 4.72 Å². The molecule has 9 nitrogen and oxygen atoms in total. The molecule has 2 rings (SSSR count). The summed E-state index contributed by atoms with van der Waals surface area (Å²) in [6.45, 7) is -0.742. The number of carboxylic acids is 2. The van der Waals surface area contributed by atoms with Crippen LogP contribution in [0.5, 0.6) is 0 Å². The van der Waals surface area contributed by atoms with Crippen LogP contribution in [0.1, 0.15) is 19.3 Å². The number of aliphatic carboxylic acids is 2. The number of rotatable bonds is 11. The maximum atomic E-state index is 12.9. The van der Waals surface area contributed by atoms with Gasteiger partial charge in [-0.2, -0.15) is 0 Å². The number of carboxylic acid groups (broad SMARTS) is 2. The van der Waals surface area contributed by atoms with Crippen LogP contribution in [0.3, 0.4) is 0 Å². The summed E-state index contributed by atoms with van der Waals surface area (Å²) in [7, 11) is -0.337. The van der Waals surface area contributed by atoms with Crippen molar-refractivity contribution >= 4 is 38.4 Å². The van der Waals surface area contributed by atoms with E-state index in [1.807, 2.05) is 25.1 Å². The van der Waals surface area contributed by atoms with Gasteiger partial charge in [0.15, 0.2) is 5.41 Å². The van der Waals surface area contributed by atoms with Crippen LogP contribution in [-0.4, -0.2) is 62.9 Å². The standard InChI is InChI=1S/C20H26N2O7S/c1-22(2)16-8-3-7-15-14(16)6-4-9-17(15)30(28,29)21-12-11-20(18(24)25,19(26)27)10-5-13-23/h3-4,6-9,21,23H,5,10-13H2,1-2H3,(H,24,25)(H,26,27). The van der Waals surface area contributed by atoms with Gasteiger partial charge in [-0.3, -0.25) is 9.59 Å². The predicted octanol–water partition coefficient (Wildman–Crippen LogP) is 1.50. The lowest BCUT2D eigenvalue weighted by atomic mass is 9.80. The summed E-state index contributed by atoms with van der Waals surface area (Å²) in [5, 5.41) is 29.1. The number of fused-ring (bicyclic) bond motifs is 1. The molecule has 0 aliphatic rings. The van der Waals surface area contributed by atoms with E-state index in [2.05, 4.69) is 4.72 Å². The van der Waals surface area contributed by atoms with Gasteiger partial charge in [-0.25, -0.2) is 13.1 Å². The van der Waals surface area contributed by atoms with Gasteiger partial charge in [0.1, 0.15) is 0 Å². The highest BCUT2D eigenvalue weighted by Gasteiger charge is 2.45. The Morgan fingerprint density at radius 2 is 1.60 bits per heavy atom. The number of benzene rings is 2. The maximum absolute atomic E-state index is 12.9. The largest absolute Gasteiger partial charge is 0.480 e. The number of nitrogens with zero attached hydrogens (tertiary/aromatic N) is 1. The van der Waals surface area contributed by atoms with E-state index >= 15 is 0 Å². The molecule has 30 heavy (non-hydrogen) atoms. The van der Waals surface area contributed by atoms with Gasteiger partial charge in [0.05, 0.1) is 4.90 Å². The molecule has 0 aliphatic carbocycles. The molecule has 0 aromatic heterocycles. The molecular weight excluding hydrogens is 412 g/mol. The Bertz CT molecular complexity index is 1020. The number of nitrogens with one attached hydrogen (secondary N) is 1. The van der Waals surface area contributed by atoms with Crippen molar-refractivity contribution in [3.05, 3.63) is 36.4 Å². The molecule has 4 N–H and O–H groups in total. The van der Waals surface area contributed by atoms with Gasteiger partial charge in [0, 0.05) is 43.7 Å². The minimum Gasteiger partial charge on any atom is -0.480 e. The third-order valence-corrected chi connectivity index (χ3v) is 6.57. The van der Waals surface area contributed by atoms with Gasteiger partial charge < -0.3 is 20.2 Å². The van der Waals surface area contributed by atoms with Crippen molar-refractivity contribution in [2.75, 3.05) is 32.1 Å². The molecular formula is C20H26N2O7S. The summed E-state index contributed by atoms with van der Waals surface area (Å²) in [6, 6.07) is 10.1. The van der Waals surface area contributed by atoms with E-state index < -0.39 is 33.8 Å². The monoisotopic (exact) mass is 438 g/mol. The Balaban J connectivity index is 2.32. The normalized spacial score (nSPS) is 12.1. The van der Waals surface area contributed by atoms with E-state index in [0.717, 1.165) is 11.1 Å². The summed E-state index contributed by atoms with van der Waals surface area (Å²) < 4.78 is 28.1. The number of sulfonamides is 1. The number of aliphatic hydroxyl groups excluding tert-OH is 1. The van der Waals surface area contributed by atoms with Crippen molar-refractivity contribution in [2.45, 2.75) is 24.2 Å². The summed E-state index contributed by atoms with van der Waals surface area (Å²) in [5.74, 6) is -3.13. The second-order valence-corrected chi connectivity index (χ2v) is 8.93. The van der Waals surface area contributed by atoms with Gasteiger partial charge in [-0.1, -0.05) is 24.3 Å². The van der Waals surface area contributed by atoms with E-state index in [0.29, 0.717) is 5.39 Å². The van der Waals surface area contributed by atoms with Crippen LogP contribution < -0.4 is 9.62 Å². The quantitative estimate of drug-likeness (QED) is 0.386. The number of hydrogen-bond donors (Lipinski definition) is 4. The van der Waals surface area contributed by atoms with E-state index in [4.69, 9.17) is 5.11 Å². The topological polar surface area (TPSA) is 144 Å². The van der Waals surface area contributed by atoms with E-state index in [1.54, 1.807) is 24.3 Å². The van der Waals surface area contributed by atoms with Crippen LogP contribution >= 0.6 is 0 Å². The lowest BCUT2D eigenvalue weighted by Crippen LogP contribution is -2.42. The third kappa shape index (κ3) is 4.72. The average molecular weight is 439 g/mol. The van der Waals surface area contributed by atoms with Gasteiger partial charge in [-0.05, 0) is 31.4 Å². The highest BCUT2D eigenvalue weighted by Crippen LogP contribution is 2.31. The zero-order valence-corrected chi connectivity index (χ0v) is 17.6. The lowest BCUT2D eigenvalue weighted by Gasteiger charge is -2.24. The average Bonchev–Trinajstić information content (AvgIpc) is 2.68. The van der Waals surface area contributed by atoms with Crippen molar-refractivity contribution in [2.24, 2.45) is 5.41 Å². The van der Waals surface area contributed by atoms with Crippen molar-refractivity contribution < 1.29 is 33.3 Å². The van der Waals surface area contributed by atoms with Crippen LogP contribution in [-0.2, 0) is 19.6 Å². The van der Waals surface area contributed by atoms with Gasteiger partial charge in [0.2, 0.25) is 10.0 Å². The van der Waals surface area contributed by atoms with Crippen molar-refractivity contribution in [3.63, 3.8) is 0 Å². The molecule has 0 saturated heterocycles. The first kappa shape index (κ1) is 23.6. The fourth-order valence-electron chi connectivity index (χ4n) is 3.39. The molecule has 10 heteroatoms. The molecule has 164 valence electrons. The number of aliphatic hydroxyl groups is 1. The zero-order valence-electron chi connectivity index (χ0n) is 16.8. The summed E-state index contributed by atoms with van der Waals surface area (Å²) in [6.07, 6.45) is -0.789. The predicted molar refractivity (Wildman–Crippen MR) is 112 cm³/mol. The SMILES string of the molecule is CN(C)c1cccc2c(S(=O)(=O)NCCC(CCCO)(C(=O)O)C(=O)O)cccc12. The summed E-state index contributed by atoms with van der Waals surface area (Å²) >= 11 is 0. The minimum absolute atomic E-state index is 0.0234. The van der Waals surface area contributed by atoms with Crippen LogP contribution in [0.15, 0.2) is 41.3 Å².